The molecule has 1 heterocycles. The van der Waals surface area contributed by atoms with E-state index in [4.69, 9.17) is 4.74 Å². The van der Waals surface area contributed by atoms with Crippen LogP contribution in [0.4, 0.5) is 0 Å². The van der Waals surface area contributed by atoms with E-state index in [1.807, 2.05) is 6.92 Å². The van der Waals surface area contributed by atoms with Gasteiger partial charge < -0.3 is 9.72 Å². The summed E-state index contributed by atoms with van der Waals surface area (Å²) in [6.07, 6.45) is 0. The number of imidazole rings is 1. The molecule has 0 bridgehead atoms. The minimum absolute atomic E-state index is 0.0247. The Morgan fingerprint density at radius 1 is 1.04 bits per heavy atom. The third kappa shape index (κ3) is 3.55. The van der Waals surface area contributed by atoms with Gasteiger partial charge in [-0.1, -0.05) is 0 Å². The third-order valence-corrected chi connectivity index (χ3v) is 5.24. The lowest BCUT2D eigenvalue weighted by Gasteiger charge is -2.02. The van der Waals surface area contributed by atoms with Crippen LogP contribution in [0.3, 0.4) is 0 Å². The Balaban J connectivity index is 2.21. The van der Waals surface area contributed by atoms with Gasteiger partial charge in [0, 0.05) is 5.56 Å². The quantitative estimate of drug-likeness (QED) is 0.554. The number of benzene rings is 2. The average Bonchev–Trinajstić information content (AvgIpc) is 2.97. The topological polar surface area (TPSA) is 147 Å². The molecule has 3 N–H and O–H groups in total. The summed E-state index contributed by atoms with van der Waals surface area (Å²) in [6.45, 7) is 2.34. The highest BCUT2D eigenvalue weighted by Gasteiger charge is 2.23. The monoisotopic (exact) mass is 398 g/mol. The number of rotatable bonds is 5. The molecule has 0 amide bonds. The first-order valence-electron chi connectivity index (χ1n) is 7.31. The van der Waals surface area contributed by atoms with Crippen LogP contribution >= 0.6 is 0 Å². The van der Waals surface area contributed by atoms with E-state index in [0.29, 0.717) is 24.0 Å². The fourth-order valence-electron chi connectivity index (χ4n) is 2.42. The van der Waals surface area contributed by atoms with Crippen molar-refractivity contribution in [1.82, 2.24) is 9.97 Å². The zero-order chi connectivity index (χ0) is 19.1. The van der Waals surface area contributed by atoms with Crippen LogP contribution in [-0.2, 0) is 20.2 Å². The number of hydrogen-bond donors (Lipinski definition) is 3. The van der Waals surface area contributed by atoms with Gasteiger partial charge in [0.25, 0.3) is 20.2 Å². The molecule has 0 aliphatic heterocycles. The highest BCUT2D eigenvalue weighted by molar-refractivity contribution is 7.86. The summed E-state index contributed by atoms with van der Waals surface area (Å²) in [7, 11) is -9.46. The molecule has 2 aromatic carbocycles. The first-order valence-corrected chi connectivity index (χ1v) is 10.2. The number of nitrogens with one attached hydrogen (secondary N) is 1. The molecular weight excluding hydrogens is 384 g/mol. The Hall–Kier alpha value is -2.47. The maximum absolute atomic E-state index is 11.6. The minimum Gasteiger partial charge on any atom is -0.494 e. The predicted octanol–water partition coefficient (Wildman–Crippen LogP) is 2.12. The zero-order valence-electron chi connectivity index (χ0n) is 13.4. The van der Waals surface area contributed by atoms with Gasteiger partial charge in [-0.15, -0.1) is 0 Å². The van der Waals surface area contributed by atoms with Crippen molar-refractivity contribution in [2.45, 2.75) is 16.7 Å². The van der Waals surface area contributed by atoms with E-state index >= 15 is 0 Å². The van der Waals surface area contributed by atoms with Gasteiger partial charge in [-0.25, -0.2) is 4.98 Å². The van der Waals surface area contributed by atoms with E-state index in [9.17, 15) is 25.9 Å². The lowest BCUT2D eigenvalue weighted by atomic mass is 10.2. The van der Waals surface area contributed by atoms with Crippen LogP contribution < -0.4 is 4.74 Å². The third-order valence-electron chi connectivity index (χ3n) is 3.54. The summed E-state index contributed by atoms with van der Waals surface area (Å²) in [5.74, 6) is 0.889. The number of fused-ring (bicyclic) bond motifs is 1. The Bertz CT molecular complexity index is 1180. The van der Waals surface area contributed by atoms with Crippen molar-refractivity contribution in [2.75, 3.05) is 6.61 Å². The number of aromatic amines is 1. The summed E-state index contributed by atoms with van der Waals surface area (Å²) in [6, 6.07) is 8.43. The van der Waals surface area contributed by atoms with Gasteiger partial charge in [0.05, 0.1) is 17.0 Å². The van der Waals surface area contributed by atoms with E-state index in [0.717, 1.165) is 6.07 Å². The Morgan fingerprint density at radius 3 is 2.23 bits per heavy atom. The Kier molecular flexibility index (Phi) is 4.48. The lowest BCUT2D eigenvalue weighted by Crippen LogP contribution is -2.04. The fourth-order valence-corrected chi connectivity index (χ4v) is 3.70. The van der Waals surface area contributed by atoms with E-state index in [1.165, 1.54) is 0 Å². The van der Waals surface area contributed by atoms with Gasteiger partial charge >= 0.3 is 0 Å². The van der Waals surface area contributed by atoms with Gasteiger partial charge in [0.1, 0.15) is 22.0 Å². The highest BCUT2D eigenvalue weighted by atomic mass is 32.2. The smallest absolute Gasteiger partial charge is 0.296 e. The summed E-state index contributed by atoms with van der Waals surface area (Å²) in [4.78, 5) is 5.51. The number of H-pyrrole nitrogens is 1. The van der Waals surface area contributed by atoms with Crippen molar-refractivity contribution in [3.63, 3.8) is 0 Å². The fraction of sp³-hybridized carbons (Fsp3) is 0.133. The van der Waals surface area contributed by atoms with Gasteiger partial charge in [0.15, 0.2) is 0 Å². The van der Waals surface area contributed by atoms with Crippen LogP contribution in [0.15, 0.2) is 46.2 Å². The van der Waals surface area contributed by atoms with Crippen molar-refractivity contribution in [3.8, 4) is 17.1 Å². The Labute approximate surface area is 149 Å². The molecule has 0 aliphatic carbocycles. The zero-order valence-corrected chi connectivity index (χ0v) is 15.0. The van der Waals surface area contributed by atoms with Gasteiger partial charge in [-0.05, 0) is 43.3 Å². The molecular formula is C15H14N2O7S2. The van der Waals surface area contributed by atoms with Crippen molar-refractivity contribution < 1.29 is 30.7 Å². The molecule has 0 radical (unpaired) electrons. The van der Waals surface area contributed by atoms with Crippen LogP contribution in [0.2, 0.25) is 0 Å². The van der Waals surface area contributed by atoms with E-state index in [1.54, 1.807) is 24.3 Å². The lowest BCUT2D eigenvalue weighted by molar-refractivity contribution is 0.340. The normalized spacial score (nSPS) is 12.4. The largest absolute Gasteiger partial charge is 0.494 e. The van der Waals surface area contributed by atoms with Gasteiger partial charge in [-0.3, -0.25) is 9.11 Å². The SMILES string of the molecule is CCOc1ccc(-c2nc3c(S(=O)(=O)O)cc(S(=O)(=O)O)cc3[nH]2)cc1. The summed E-state index contributed by atoms with van der Waals surface area (Å²) >= 11 is 0. The van der Waals surface area contributed by atoms with Crippen LogP contribution in [-0.4, -0.2) is 42.5 Å². The molecule has 9 nitrogen and oxygen atoms in total. The van der Waals surface area contributed by atoms with Crippen molar-refractivity contribution in [3.05, 3.63) is 36.4 Å². The second-order valence-electron chi connectivity index (χ2n) is 5.31. The molecule has 0 fully saturated rings. The number of nitrogens with zero attached hydrogens (tertiary/aromatic N) is 1. The Morgan fingerprint density at radius 2 is 1.69 bits per heavy atom. The summed E-state index contributed by atoms with van der Waals surface area (Å²) < 4.78 is 69.8. The van der Waals surface area contributed by atoms with E-state index < -0.39 is 30.0 Å². The first kappa shape index (κ1) is 18.3. The maximum atomic E-state index is 11.6. The van der Waals surface area contributed by atoms with Crippen molar-refractivity contribution >= 4 is 31.3 Å². The second kappa shape index (κ2) is 6.36. The molecule has 0 saturated carbocycles. The molecule has 0 aliphatic rings. The van der Waals surface area contributed by atoms with E-state index in [-0.39, 0.29) is 16.9 Å². The molecule has 26 heavy (non-hydrogen) atoms. The first-order chi connectivity index (χ1) is 12.1. The number of ether oxygens (including phenoxy) is 1. The van der Waals surface area contributed by atoms with Gasteiger partial charge in [-0.2, -0.15) is 16.8 Å². The van der Waals surface area contributed by atoms with Crippen LogP contribution in [0.5, 0.6) is 5.75 Å². The van der Waals surface area contributed by atoms with Crippen LogP contribution in [0.1, 0.15) is 6.92 Å². The maximum Gasteiger partial charge on any atom is 0.296 e. The molecule has 11 heteroatoms. The van der Waals surface area contributed by atoms with E-state index in [2.05, 4.69) is 9.97 Å². The molecule has 1 aromatic heterocycles. The molecule has 3 rings (SSSR count). The van der Waals surface area contributed by atoms with Crippen molar-refractivity contribution in [2.24, 2.45) is 0 Å². The molecule has 138 valence electrons. The molecule has 0 atom stereocenters. The highest BCUT2D eigenvalue weighted by Crippen LogP contribution is 2.29. The second-order valence-corrected chi connectivity index (χ2v) is 8.12. The average molecular weight is 398 g/mol. The van der Waals surface area contributed by atoms with Gasteiger partial charge in [0.2, 0.25) is 0 Å². The summed E-state index contributed by atoms with van der Waals surface area (Å²) in [5.41, 5.74) is 0.458. The molecule has 0 unspecified atom stereocenters. The molecule has 3 aromatic rings. The number of aromatic nitrogens is 2. The van der Waals surface area contributed by atoms with Crippen LogP contribution in [0, 0.1) is 0 Å². The molecule has 0 saturated heterocycles. The predicted molar refractivity (Wildman–Crippen MR) is 92.3 cm³/mol. The number of hydrogen-bond acceptors (Lipinski definition) is 6. The van der Waals surface area contributed by atoms with Crippen LogP contribution in [0.25, 0.3) is 22.4 Å². The molecule has 0 spiro atoms. The van der Waals surface area contributed by atoms with Crippen molar-refractivity contribution in [1.29, 1.82) is 0 Å². The standard InChI is InChI=1S/C15H14N2O7S2/c1-2-24-10-5-3-9(4-6-10)15-16-12-7-11(25(18,19)20)8-13(14(12)17-15)26(21,22)23/h3-8H,2H2,1H3,(H,16,17)(H,18,19,20)(H,21,22,23). The summed E-state index contributed by atoms with van der Waals surface area (Å²) in [5, 5.41) is 0. The minimum atomic E-state index is -4.77.